The first-order valence-corrected chi connectivity index (χ1v) is 6.92. The van der Waals surface area contributed by atoms with Gasteiger partial charge in [0.15, 0.2) is 0 Å². The number of hydrogen-bond acceptors (Lipinski definition) is 2. The molecule has 1 saturated heterocycles. The van der Waals surface area contributed by atoms with E-state index >= 15 is 0 Å². The third-order valence-electron chi connectivity index (χ3n) is 3.97. The van der Waals surface area contributed by atoms with Crippen molar-refractivity contribution in [2.75, 3.05) is 13.1 Å². The van der Waals surface area contributed by atoms with Gasteiger partial charge in [0.25, 0.3) is 0 Å². The van der Waals surface area contributed by atoms with Crippen LogP contribution < -0.4 is 5.73 Å². The Morgan fingerprint density at radius 3 is 2.89 bits per heavy atom. The number of likely N-dealkylation sites (tertiary alicyclic amines) is 1. The van der Waals surface area contributed by atoms with Gasteiger partial charge >= 0.3 is 0 Å². The molecule has 1 aromatic carbocycles. The molecule has 0 spiro atoms. The molecule has 0 aliphatic carbocycles. The highest BCUT2D eigenvalue weighted by molar-refractivity contribution is 5.20. The molecule has 2 nitrogen and oxygen atoms in total. The Hall–Kier alpha value is -0.930. The maximum atomic E-state index is 13.6. The fraction of sp³-hybridized carbons (Fsp3) is 0.600. The number of nitrogens with zero attached hydrogens (tertiary/aromatic N) is 1. The normalized spacial score (nSPS) is 22.9. The summed E-state index contributed by atoms with van der Waals surface area (Å²) in [7, 11) is 0. The van der Waals surface area contributed by atoms with E-state index in [1.165, 1.54) is 25.3 Å². The van der Waals surface area contributed by atoms with Crippen molar-refractivity contribution in [2.45, 2.75) is 44.7 Å². The number of nitrogens with two attached hydrogens (primary N) is 1. The highest BCUT2D eigenvalue weighted by atomic mass is 19.1. The van der Waals surface area contributed by atoms with Crippen molar-refractivity contribution in [3.8, 4) is 0 Å². The molecular formula is C15H23FN2. The first-order valence-electron chi connectivity index (χ1n) is 6.92. The standard InChI is InChI=1S/C15H23FN2/c1-12-6-4-5-10-18(12)11-9-15(17)13-7-2-3-8-14(13)16/h2-3,7-8,12,15H,4-6,9-11,17H2,1H3. The maximum Gasteiger partial charge on any atom is 0.127 e. The molecular weight excluding hydrogens is 227 g/mol. The summed E-state index contributed by atoms with van der Waals surface area (Å²) in [6, 6.07) is 7.28. The zero-order chi connectivity index (χ0) is 13.0. The van der Waals surface area contributed by atoms with Crippen molar-refractivity contribution < 1.29 is 4.39 Å². The zero-order valence-electron chi connectivity index (χ0n) is 11.1. The third kappa shape index (κ3) is 3.30. The average molecular weight is 250 g/mol. The summed E-state index contributed by atoms with van der Waals surface area (Å²) in [6.45, 7) is 4.40. The van der Waals surface area contributed by atoms with E-state index in [1.807, 2.05) is 6.07 Å². The van der Waals surface area contributed by atoms with E-state index in [1.54, 1.807) is 12.1 Å². The largest absolute Gasteiger partial charge is 0.324 e. The molecule has 2 unspecified atom stereocenters. The van der Waals surface area contributed by atoms with Crippen LogP contribution in [-0.2, 0) is 0 Å². The third-order valence-corrected chi connectivity index (χ3v) is 3.97. The second kappa shape index (κ2) is 6.30. The summed E-state index contributed by atoms with van der Waals surface area (Å²) in [6.07, 6.45) is 4.70. The number of hydrogen-bond donors (Lipinski definition) is 1. The van der Waals surface area contributed by atoms with Crippen molar-refractivity contribution in [1.29, 1.82) is 0 Å². The monoisotopic (exact) mass is 250 g/mol. The molecule has 0 bridgehead atoms. The molecule has 1 heterocycles. The highest BCUT2D eigenvalue weighted by Gasteiger charge is 2.19. The van der Waals surface area contributed by atoms with Gasteiger partial charge in [0.05, 0.1) is 0 Å². The van der Waals surface area contributed by atoms with E-state index in [2.05, 4.69) is 11.8 Å². The molecule has 0 saturated carbocycles. The van der Waals surface area contributed by atoms with E-state index < -0.39 is 0 Å². The molecule has 2 N–H and O–H groups in total. The van der Waals surface area contributed by atoms with Gasteiger partial charge in [-0.2, -0.15) is 0 Å². The molecule has 1 aliphatic heterocycles. The first kappa shape index (κ1) is 13.5. The fourth-order valence-electron chi connectivity index (χ4n) is 2.73. The number of piperidine rings is 1. The Morgan fingerprint density at radius 2 is 2.17 bits per heavy atom. The Bertz CT molecular complexity index is 381. The number of benzene rings is 1. The van der Waals surface area contributed by atoms with Crippen molar-refractivity contribution in [2.24, 2.45) is 5.73 Å². The topological polar surface area (TPSA) is 29.3 Å². The quantitative estimate of drug-likeness (QED) is 0.889. The van der Waals surface area contributed by atoms with Crippen LogP contribution in [0.15, 0.2) is 24.3 Å². The maximum absolute atomic E-state index is 13.6. The number of halogens is 1. The molecule has 2 atom stereocenters. The van der Waals surface area contributed by atoms with E-state index in [0.717, 1.165) is 19.5 Å². The molecule has 1 fully saturated rings. The van der Waals surface area contributed by atoms with Crippen LogP contribution in [0, 0.1) is 5.82 Å². The van der Waals surface area contributed by atoms with E-state index in [-0.39, 0.29) is 11.9 Å². The first-order chi connectivity index (χ1) is 8.68. The van der Waals surface area contributed by atoms with E-state index in [0.29, 0.717) is 11.6 Å². The van der Waals surface area contributed by atoms with Crippen LogP contribution in [0.4, 0.5) is 4.39 Å². The van der Waals surface area contributed by atoms with Crippen LogP contribution in [0.1, 0.15) is 44.2 Å². The molecule has 2 rings (SSSR count). The lowest BCUT2D eigenvalue weighted by Gasteiger charge is -2.34. The van der Waals surface area contributed by atoms with Gasteiger partial charge in [-0.15, -0.1) is 0 Å². The lowest BCUT2D eigenvalue weighted by Crippen LogP contribution is -2.39. The summed E-state index contributed by atoms with van der Waals surface area (Å²) in [5.74, 6) is -0.184. The second-order valence-electron chi connectivity index (χ2n) is 5.30. The smallest absolute Gasteiger partial charge is 0.127 e. The fourth-order valence-corrected chi connectivity index (χ4v) is 2.73. The molecule has 0 aromatic heterocycles. The van der Waals surface area contributed by atoms with E-state index in [9.17, 15) is 4.39 Å². The van der Waals surface area contributed by atoms with Crippen molar-refractivity contribution in [1.82, 2.24) is 4.90 Å². The van der Waals surface area contributed by atoms with Crippen LogP contribution in [0.5, 0.6) is 0 Å². The van der Waals surface area contributed by atoms with Crippen molar-refractivity contribution in [3.05, 3.63) is 35.6 Å². The summed E-state index contributed by atoms with van der Waals surface area (Å²) in [5.41, 5.74) is 6.73. The minimum Gasteiger partial charge on any atom is -0.324 e. The van der Waals surface area contributed by atoms with Gasteiger partial charge in [0, 0.05) is 24.2 Å². The van der Waals surface area contributed by atoms with Gasteiger partial charge in [-0.05, 0) is 38.8 Å². The predicted molar refractivity (Wildman–Crippen MR) is 72.8 cm³/mol. The molecule has 0 radical (unpaired) electrons. The zero-order valence-corrected chi connectivity index (χ0v) is 11.1. The SMILES string of the molecule is CC1CCCCN1CCC(N)c1ccccc1F. The molecule has 3 heteroatoms. The summed E-state index contributed by atoms with van der Waals surface area (Å²) >= 11 is 0. The average Bonchev–Trinajstić information content (AvgIpc) is 2.38. The van der Waals surface area contributed by atoms with Gasteiger partial charge in [-0.25, -0.2) is 4.39 Å². The van der Waals surface area contributed by atoms with Crippen LogP contribution in [0.25, 0.3) is 0 Å². The Kier molecular flexibility index (Phi) is 4.72. The summed E-state index contributed by atoms with van der Waals surface area (Å²) in [5, 5.41) is 0. The van der Waals surface area contributed by atoms with Gasteiger partial charge in [0.1, 0.15) is 5.82 Å². The Labute approximate surface area is 109 Å². The Morgan fingerprint density at radius 1 is 1.39 bits per heavy atom. The van der Waals surface area contributed by atoms with Crippen LogP contribution >= 0.6 is 0 Å². The van der Waals surface area contributed by atoms with E-state index in [4.69, 9.17) is 5.73 Å². The van der Waals surface area contributed by atoms with Gasteiger partial charge in [-0.3, -0.25) is 0 Å². The van der Waals surface area contributed by atoms with Crippen LogP contribution in [0.2, 0.25) is 0 Å². The minimum absolute atomic E-state index is 0.184. The van der Waals surface area contributed by atoms with Crippen LogP contribution in [0.3, 0.4) is 0 Å². The molecule has 1 aromatic rings. The van der Waals surface area contributed by atoms with Crippen molar-refractivity contribution in [3.63, 3.8) is 0 Å². The highest BCUT2D eigenvalue weighted by Crippen LogP contribution is 2.21. The van der Waals surface area contributed by atoms with Crippen LogP contribution in [-0.4, -0.2) is 24.0 Å². The minimum atomic E-state index is -0.194. The second-order valence-corrected chi connectivity index (χ2v) is 5.30. The van der Waals surface area contributed by atoms with Gasteiger partial charge in [-0.1, -0.05) is 24.6 Å². The van der Waals surface area contributed by atoms with Crippen molar-refractivity contribution >= 4 is 0 Å². The van der Waals surface area contributed by atoms with Gasteiger partial charge in [0.2, 0.25) is 0 Å². The Balaban J connectivity index is 1.88. The number of rotatable bonds is 4. The van der Waals surface area contributed by atoms with Gasteiger partial charge < -0.3 is 10.6 Å². The summed E-state index contributed by atoms with van der Waals surface area (Å²) < 4.78 is 13.6. The molecule has 1 aliphatic rings. The lowest BCUT2D eigenvalue weighted by molar-refractivity contribution is 0.155. The molecule has 0 amide bonds. The molecule has 100 valence electrons. The predicted octanol–water partition coefficient (Wildman–Crippen LogP) is 3.09. The summed E-state index contributed by atoms with van der Waals surface area (Å²) in [4.78, 5) is 2.48. The molecule has 18 heavy (non-hydrogen) atoms. The lowest BCUT2D eigenvalue weighted by atomic mass is 10.0.